The Morgan fingerprint density at radius 1 is 1.17 bits per heavy atom. The second-order valence-electron chi connectivity index (χ2n) is 5.38. The zero-order chi connectivity index (χ0) is 17.1. The number of rotatable bonds is 5. The minimum Gasteiger partial charge on any atom is -0.368 e. The van der Waals surface area contributed by atoms with Gasteiger partial charge >= 0.3 is 0 Å². The summed E-state index contributed by atoms with van der Waals surface area (Å²) >= 11 is 0. The van der Waals surface area contributed by atoms with Crippen molar-refractivity contribution < 1.29 is 9.59 Å². The van der Waals surface area contributed by atoms with Gasteiger partial charge < -0.3 is 15.6 Å². The maximum atomic E-state index is 12.5. The van der Waals surface area contributed by atoms with Gasteiger partial charge in [0, 0.05) is 18.9 Å². The molecule has 0 saturated carbocycles. The van der Waals surface area contributed by atoms with E-state index in [-0.39, 0.29) is 12.5 Å². The first-order valence-corrected chi connectivity index (χ1v) is 7.38. The first-order chi connectivity index (χ1) is 11.5. The Bertz CT molecular complexity index is 880. The number of nitrogens with one attached hydrogen (secondary N) is 1. The Hall–Kier alpha value is -3.35. The summed E-state index contributed by atoms with van der Waals surface area (Å²) < 4.78 is 3.21. The molecule has 0 aliphatic rings. The van der Waals surface area contributed by atoms with Crippen LogP contribution in [0.3, 0.4) is 0 Å². The molecule has 0 radical (unpaired) electrons. The standard InChI is InChI=1S/C17H17N5O2/c1-21-14(12-5-3-2-4-6-12)7-8-15(21)17(24)20-13-9-19-22(10-13)11-16(18)23/h2-10H,11H2,1H3,(H2,18,23)(H,20,24). The highest BCUT2D eigenvalue weighted by molar-refractivity contribution is 6.03. The number of nitrogens with zero attached hydrogens (tertiary/aromatic N) is 3. The van der Waals surface area contributed by atoms with Crippen molar-refractivity contribution in [1.82, 2.24) is 14.3 Å². The van der Waals surface area contributed by atoms with Crippen LogP contribution in [0.25, 0.3) is 11.3 Å². The lowest BCUT2D eigenvalue weighted by molar-refractivity contribution is -0.118. The van der Waals surface area contributed by atoms with Crippen molar-refractivity contribution in [2.75, 3.05) is 5.32 Å². The van der Waals surface area contributed by atoms with Crippen molar-refractivity contribution >= 4 is 17.5 Å². The molecule has 0 spiro atoms. The molecule has 1 aromatic carbocycles. The SMILES string of the molecule is Cn1c(C(=O)Nc2cnn(CC(N)=O)c2)ccc1-c1ccccc1. The minimum atomic E-state index is -0.495. The van der Waals surface area contributed by atoms with E-state index < -0.39 is 5.91 Å². The first kappa shape index (κ1) is 15.5. The van der Waals surface area contributed by atoms with Crippen LogP contribution in [0.15, 0.2) is 54.9 Å². The number of anilines is 1. The predicted molar refractivity (Wildman–Crippen MR) is 90.2 cm³/mol. The molecule has 3 N–H and O–H groups in total. The van der Waals surface area contributed by atoms with E-state index in [1.165, 1.54) is 10.9 Å². The van der Waals surface area contributed by atoms with Crippen LogP contribution in [0.2, 0.25) is 0 Å². The molecular weight excluding hydrogens is 306 g/mol. The minimum absolute atomic E-state index is 0.0296. The summed E-state index contributed by atoms with van der Waals surface area (Å²) in [6, 6.07) is 13.5. The molecule has 0 aliphatic heterocycles. The summed E-state index contributed by atoms with van der Waals surface area (Å²) in [5.41, 5.74) is 8.13. The normalized spacial score (nSPS) is 10.5. The van der Waals surface area contributed by atoms with Gasteiger partial charge in [-0.2, -0.15) is 5.10 Å². The summed E-state index contributed by atoms with van der Waals surface area (Å²) in [4.78, 5) is 23.3. The molecule has 3 aromatic rings. The third-order valence-electron chi connectivity index (χ3n) is 3.63. The fraction of sp³-hybridized carbons (Fsp3) is 0.118. The molecule has 0 aliphatic carbocycles. The van der Waals surface area contributed by atoms with Crippen molar-refractivity contribution in [3.8, 4) is 11.3 Å². The smallest absolute Gasteiger partial charge is 0.272 e. The van der Waals surface area contributed by atoms with Gasteiger partial charge in [-0.05, 0) is 17.7 Å². The quantitative estimate of drug-likeness (QED) is 0.747. The topological polar surface area (TPSA) is 94.9 Å². The number of nitrogens with two attached hydrogens (primary N) is 1. The molecule has 0 saturated heterocycles. The van der Waals surface area contributed by atoms with E-state index in [4.69, 9.17) is 5.73 Å². The Morgan fingerprint density at radius 3 is 2.62 bits per heavy atom. The Balaban J connectivity index is 1.77. The van der Waals surface area contributed by atoms with Gasteiger partial charge in [0.2, 0.25) is 5.91 Å². The highest BCUT2D eigenvalue weighted by Crippen LogP contribution is 2.21. The zero-order valence-electron chi connectivity index (χ0n) is 13.1. The van der Waals surface area contributed by atoms with Gasteiger partial charge in [0.05, 0.1) is 11.9 Å². The number of carbonyl (C=O) groups is 2. The van der Waals surface area contributed by atoms with E-state index in [0.717, 1.165) is 11.3 Å². The molecule has 3 rings (SSSR count). The molecule has 2 heterocycles. The lowest BCUT2D eigenvalue weighted by Crippen LogP contribution is -2.19. The molecule has 0 bridgehead atoms. The van der Waals surface area contributed by atoms with Crippen LogP contribution < -0.4 is 11.1 Å². The van der Waals surface area contributed by atoms with Gasteiger partial charge in [-0.1, -0.05) is 30.3 Å². The van der Waals surface area contributed by atoms with E-state index in [0.29, 0.717) is 11.4 Å². The molecule has 0 unspecified atom stereocenters. The zero-order valence-corrected chi connectivity index (χ0v) is 13.1. The van der Waals surface area contributed by atoms with Crippen molar-refractivity contribution in [2.45, 2.75) is 6.54 Å². The van der Waals surface area contributed by atoms with Gasteiger partial charge in [-0.25, -0.2) is 0 Å². The van der Waals surface area contributed by atoms with Gasteiger partial charge in [-0.15, -0.1) is 0 Å². The highest BCUT2D eigenvalue weighted by atomic mass is 16.2. The van der Waals surface area contributed by atoms with Crippen LogP contribution in [-0.2, 0) is 18.4 Å². The second kappa shape index (κ2) is 6.41. The van der Waals surface area contributed by atoms with E-state index in [1.54, 1.807) is 12.3 Å². The molecule has 122 valence electrons. The van der Waals surface area contributed by atoms with Crippen molar-refractivity contribution in [3.63, 3.8) is 0 Å². The predicted octanol–water partition coefficient (Wildman–Crippen LogP) is 1.63. The van der Waals surface area contributed by atoms with E-state index in [2.05, 4.69) is 10.4 Å². The van der Waals surface area contributed by atoms with Crippen molar-refractivity contribution in [1.29, 1.82) is 0 Å². The van der Waals surface area contributed by atoms with Gasteiger partial charge in [0.1, 0.15) is 12.2 Å². The number of benzene rings is 1. The van der Waals surface area contributed by atoms with Gasteiger partial charge in [0.15, 0.2) is 0 Å². The maximum Gasteiger partial charge on any atom is 0.272 e. The molecular formula is C17H17N5O2. The molecule has 2 aromatic heterocycles. The highest BCUT2D eigenvalue weighted by Gasteiger charge is 2.14. The van der Waals surface area contributed by atoms with Crippen LogP contribution in [0.1, 0.15) is 10.5 Å². The average Bonchev–Trinajstić information content (AvgIpc) is 3.14. The number of hydrogen-bond acceptors (Lipinski definition) is 3. The Morgan fingerprint density at radius 2 is 1.92 bits per heavy atom. The largest absolute Gasteiger partial charge is 0.368 e. The van der Waals surface area contributed by atoms with E-state index in [9.17, 15) is 9.59 Å². The number of carbonyl (C=O) groups excluding carboxylic acids is 2. The lowest BCUT2D eigenvalue weighted by atomic mass is 10.2. The molecule has 7 heteroatoms. The maximum absolute atomic E-state index is 12.5. The van der Waals surface area contributed by atoms with Crippen LogP contribution in [0.4, 0.5) is 5.69 Å². The van der Waals surface area contributed by atoms with Crippen molar-refractivity contribution in [3.05, 3.63) is 60.6 Å². The number of aromatic nitrogens is 3. The molecule has 2 amide bonds. The fourth-order valence-corrected chi connectivity index (χ4v) is 2.51. The number of hydrogen-bond donors (Lipinski definition) is 2. The molecule has 7 nitrogen and oxygen atoms in total. The fourth-order valence-electron chi connectivity index (χ4n) is 2.51. The number of amides is 2. The van der Waals surface area contributed by atoms with Crippen LogP contribution in [0, 0.1) is 0 Å². The average molecular weight is 323 g/mol. The van der Waals surface area contributed by atoms with E-state index >= 15 is 0 Å². The summed E-state index contributed by atoms with van der Waals surface area (Å²) in [7, 11) is 1.84. The van der Waals surface area contributed by atoms with Crippen LogP contribution >= 0.6 is 0 Å². The summed E-state index contributed by atoms with van der Waals surface area (Å²) in [6.07, 6.45) is 3.03. The number of primary amides is 1. The Labute approximate surface area is 138 Å². The molecule has 0 atom stereocenters. The molecule has 24 heavy (non-hydrogen) atoms. The first-order valence-electron chi connectivity index (χ1n) is 7.38. The molecule has 0 fully saturated rings. The van der Waals surface area contributed by atoms with E-state index in [1.807, 2.05) is 48.0 Å². The summed E-state index contributed by atoms with van der Waals surface area (Å²) in [5.74, 6) is -0.746. The van der Waals surface area contributed by atoms with Crippen molar-refractivity contribution in [2.24, 2.45) is 12.8 Å². The van der Waals surface area contributed by atoms with Crippen LogP contribution in [-0.4, -0.2) is 26.2 Å². The second-order valence-corrected chi connectivity index (χ2v) is 5.38. The summed E-state index contributed by atoms with van der Waals surface area (Å²) in [6.45, 7) is -0.0296. The van der Waals surface area contributed by atoms with Gasteiger partial charge in [-0.3, -0.25) is 14.3 Å². The Kier molecular flexibility index (Phi) is 4.15. The van der Waals surface area contributed by atoms with Gasteiger partial charge in [0.25, 0.3) is 5.91 Å². The lowest BCUT2D eigenvalue weighted by Gasteiger charge is -2.08. The summed E-state index contributed by atoms with van der Waals surface area (Å²) in [5, 5.41) is 6.73. The third-order valence-corrected chi connectivity index (χ3v) is 3.63. The third kappa shape index (κ3) is 3.19. The monoisotopic (exact) mass is 323 g/mol. The van der Waals surface area contributed by atoms with Crippen LogP contribution in [0.5, 0.6) is 0 Å².